The molecule has 0 fully saturated rings. The molecular formula is C13H20O4. The number of benzene rings is 1. The first-order chi connectivity index (χ1) is 8.13. The molecule has 4 heteroatoms. The summed E-state index contributed by atoms with van der Waals surface area (Å²) in [6.07, 6.45) is 2.28. The number of carboxylic acids is 1. The molecule has 0 atom stereocenters. The standard InChI is InChI=1S/C7H6O3.C6H14O/c8-6-4-2-1-3-5(6)7(9)10;1-3-5-7-6-4-2/h1-4,8H,(H,9,10);3-6H2,1-2H3. The second kappa shape index (κ2) is 9.66. The summed E-state index contributed by atoms with van der Waals surface area (Å²) in [6, 6.07) is 5.81. The number of hydrogen-bond donors (Lipinski definition) is 2. The number of hydrogen-bond acceptors (Lipinski definition) is 3. The van der Waals surface area contributed by atoms with Crippen LogP contribution in [0.3, 0.4) is 0 Å². The molecule has 2 N–H and O–H groups in total. The molecule has 1 aromatic carbocycles. The third kappa shape index (κ3) is 7.36. The number of aromatic hydroxyl groups is 1. The monoisotopic (exact) mass is 240 g/mol. The van der Waals surface area contributed by atoms with Crippen molar-refractivity contribution in [1.82, 2.24) is 0 Å². The molecule has 0 unspecified atom stereocenters. The van der Waals surface area contributed by atoms with Crippen LogP contribution < -0.4 is 0 Å². The van der Waals surface area contributed by atoms with Crippen LogP contribution in [0.1, 0.15) is 37.0 Å². The minimum absolute atomic E-state index is 0.0671. The summed E-state index contributed by atoms with van der Waals surface area (Å²) in [5.74, 6) is -1.31. The van der Waals surface area contributed by atoms with E-state index in [1.54, 1.807) is 12.1 Å². The van der Waals surface area contributed by atoms with Crippen LogP contribution in [0.15, 0.2) is 24.3 Å². The largest absolute Gasteiger partial charge is 0.507 e. The Morgan fingerprint density at radius 1 is 1.18 bits per heavy atom. The van der Waals surface area contributed by atoms with E-state index in [1.807, 2.05) is 0 Å². The molecule has 1 aromatic rings. The second-order valence-electron chi connectivity index (χ2n) is 3.43. The van der Waals surface area contributed by atoms with Crippen LogP contribution in [0, 0.1) is 0 Å². The van der Waals surface area contributed by atoms with Gasteiger partial charge in [-0.15, -0.1) is 0 Å². The van der Waals surface area contributed by atoms with Crippen LogP contribution in [0.4, 0.5) is 0 Å². The molecule has 0 saturated heterocycles. The van der Waals surface area contributed by atoms with E-state index in [4.69, 9.17) is 14.9 Å². The summed E-state index contributed by atoms with van der Waals surface area (Å²) >= 11 is 0. The van der Waals surface area contributed by atoms with Crippen molar-refractivity contribution in [2.75, 3.05) is 13.2 Å². The predicted molar refractivity (Wildman–Crippen MR) is 66.5 cm³/mol. The first kappa shape index (κ1) is 15.4. The van der Waals surface area contributed by atoms with Crippen molar-refractivity contribution in [2.45, 2.75) is 26.7 Å². The molecular weight excluding hydrogens is 220 g/mol. The highest BCUT2D eigenvalue weighted by atomic mass is 16.5. The van der Waals surface area contributed by atoms with Gasteiger partial charge in [0, 0.05) is 13.2 Å². The van der Waals surface area contributed by atoms with Crippen molar-refractivity contribution >= 4 is 5.97 Å². The van der Waals surface area contributed by atoms with Crippen molar-refractivity contribution < 1.29 is 19.7 Å². The Morgan fingerprint density at radius 3 is 2.06 bits per heavy atom. The second-order valence-corrected chi connectivity index (χ2v) is 3.43. The molecule has 0 radical (unpaired) electrons. The normalized spacial score (nSPS) is 9.29. The number of aromatic carboxylic acids is 1. The van der Waals surface area contributed by atoms with Gasteiger partial charge in [0.15, 0.2) is 0 Å². The Bertz CT molecular complexity index is 319. The molecule has 0 aliphatic carbocycles. The van der Waals surface area contributed by atoms with Crippen molar-refractivity contribution in [2.24, 2.45) is 0 Å². The van der Waals surface area contributed by atoms with Gasteiger partial charge in [0.05, 0.1) is 0 Å². The number of para-hydroxylation sites is 1. The van der Waals surface area contributed by atoms with E-state index in [2.05, 4.69) is 13.8 Å². The molecule has 0 spiro atoms. The molecule has 0 amide bonds. The van der Waals surface area contributed by atoms with E-state index >= 15 is 0 Å². The molecule has 0 aliphatic heterocycles. The number of rotatable bonds is 5. The summed E-state index contributed by atoms with van der Waals surface area (Å²) in [7, 11) is 0. The fourth-order valence-corrected chi connectivity index (χ4v) is 1.05. The Kier molecular flexibility index (Phi) is 8.78. The van der Waals surface area contributed by atoms with E-state index < -0.39 is 5.97 Å². The smallest absolute Gasteiger partial charge is 0.339 e. The Morgan fingerprint density at radius 2 is 1.71 bits per heavy atom. The molecule has 96 valence electrons. The lowest BCUT2D eigenvalue weighted by Gasteiger charge is -1.95. The number of ether oxygens (including phenoxy) is 1. The first-order valence-corrected chi connectivity index (χ1v) is 5.72. The maximum atomic E-state index is 10.3. The van der Waals surface area contributed by atoms with Crippen LogP contribution in [-0.4, -0.2) is 29.4 Å². The lowest BCUT2D eigenvalue weighted by atomic mass is 10.2. The first-order valence-electron chi connectivity index (χ1n) is 5.72. The topological polar surface area (TPSA) is 66.8 Å². The van der Waals surface area contributed by atoms with Gasteiger partial charge in [-0.2, -0.15) is 0 Å². The molecule has 0 aromatic heterocycles. The van der Waals surface area contributed by atoms with Gasteiger partial charge < -0.3 is 14.9 Å². The van der Waals surface area contributed by atoms with Gasteiger partial charge in [0.1, 0.15) is 11.3 Å². The SMILES string of the molecule is CCCOCCC.O=C(O)c1ccccc1O. The zero-order valence-electron chi connectivity index (χ0n) is 10.3. The van der Waals surface area contributed by atoms with E-state index in [0.717, 1.165) is 26.1 Å². The third-order valence-electron chi connectivity index (χ3n) is 1.83. The molecule has 4 nitrogen and oxygen atoms in total. The van der Waals surface area contributed by atoms with E-state index in [9.17, 15) is 4.79 Å². The maximum absolute atomic E-state index is 10.3. The molecule has 0 aliphatic rings. The molecule has 1 rings (SSSR count). The highest BCUT2D eigenvalue weighted by Gasteiger charge is 2.05. The van der Waals surface area contributed by atoms with Gasteiger partial charge in [-0.1, -0.05) is 26.0 Å². The van der Waals surface area contributed by atoms with Gasteiger partial charge >= 0.3 is 5.97 Å². The van der Waals surface area contributed by atoms with Crippen LogP contribution >= 0.6 is 0 Å². The average molecular weight is 240 g/mol. The van der Waals surface area contributed by atoms with Crippen LogP contribution in [0.2, 0.25) is 0 Å². The summed E-state index contributed by atoms with van der Waals surface area (Å²) < 4.78 is 5.13. The van der Waals surface area contributed by atoms with Gasteiger partial charge in [-0.25, -0.2) is 4.79 Å². The van der Waals surface area contributed by atoms with E-state index in [-0.39, 0.29) is 11.3 Å². The summed E-state index contributed by atoms with van der Waals surface area (Å²) in [5.41, 5.74) is -0.0671. The summed E-state index contributed by atoms with van der Waals surface area (Å²) in [4.78, 5) is 10.3. The molecule has 0 bridgehead atoms. The van der Waals surface area contributed by atoms with Crippen molar-refractivity contribution in [1.29, 1.82) is 0 Å². The maximum Gasteiger partial charge on any atom is 0.339 e. The fourth-order valence-electron chi connectivity index (χ4n) is 1.05. The molecule has 0 saturated carbocycles. The minimum atomic E-state index is -1.11. The molecule has 0 heterocycles. The van der Waals surface area contributed by atoms with E-state index in [1.165, 1.54) is 12.1 Å². The average Bonchev–Trinajstić information content (AvgIpc) is 2.31. The number of phenols is 1. The van der Waals surface area contributed by atoms with Gasteiger partial charge in [0.25, 0.3) is 0 Å². The highest BCUT2D eigenvalue weighted by molar-refractivity contribution is 5.90. The Balaban J connectivity index is 0.000000325. The van der Waals surface area contributed by atoms with Crippen molar-refractivity contribution in [3.8, 4) is 5.75 Å². The zero-order valence-corrected chi connectivity index (χ0v) is 10.3. The fraction of sp³-hybridized carbons (Fsp3) is 0.462. The lowest BCUT2D eigenvalue weighted by molar-refractivity contribution is 0.0693. The van der Waals surface area contributed by atoms with Crippen LogP contribution in [-0.2, 0) is 4.74 Å². The van der Waals surface area contributed by atoms with Gasteiger partial charge in [0.2, 0.25) is 0 Å². The molecule has 17 heavy (non-hydrogen) atoms. The lowest BCUT2D eigenvalue weighted by Crippen LogP contribution is -1.95. The summed E-state index contributed by atoms with van der Waals surface area (Å²) in [6.45, 7) is 6.09. The highest BCUT2D eigenvalue weighted by Crippen LogP contribution is 2.14. The Hall–Kier alpha value is -1.55. The van der Waals surface area contributed by atoms with Crippen molar-refractivity contribution in [3.63, 3.8) is 0 Å². The van der Waals surface area contributed by atoms with Gasteiger partial charge in [-0.05, 0) is 25.0 Å². The third-order valence-corrected chi connectivity index (χ3v) is 1.83. The van der Waals surface area contributed by atoms with Gasteiger partial charge in [-0.3, -0.25) is 0 Å². The number of carboxylic acid groups (broad SMARTS) is 1. The number of carbonyl (C=O) groups is 1. The Labute approximate surface area is 102 Å². The zero-order chi connectivity index (χ0) is 13.1. The van der Waals surface area contributed by atoms with Crippen molar-refractivity contribution in [3.05, 3.63) is 29.8 Å². The predicted octanol–water partition coefficient (Wildman–Crippen LogP) is 2.91. The quantitative estimate of drug-likeness (QED) is 0.776. The minimum Gasteiger partial charge on any atom is -0.507 e. The van der Waals surface area contributed by atoms with Crippen LogP contribution in [0.5, 0.6) is 5.75 Å². The van der Waals surface area contributed by atoms with Crippen LogP contribution in [0.25, 0.3) is 0 Å². The van der Waals surface area contributed by atoms with E-state index in [0.29, 0.717) is 0 Å². The summed E-state index contributed by atoms with van der Waals surface area (Å²) in [5, 5.41) is 17.3.